The Morgan fingerprint density at radius 2 is 1.95 bits per heavy atom. The van der Waals surface area contributed by atoms with E-state index in [2.05, 4.69) is 31.2 Å². The van der Waals surface area contributed by atoms with Crippen molar-refractivity contribution in [2.75, 3.05) is 38.3 Å². The van der Waals surface area contributed by atoms with Crippen molar-refractivity contribution in [1.82, 2.24) is 4.90 Å². The summed E-state index contributed by atoms with van der Waals surface area (Å²) in [6, 6.07) is 5.92. The van der Waals surface area contributed by atoms with Gasteiger partial charge in [0.15, 0.2) is 0 Å². The van der Waals surface area contributed by atoms with Gasteiger partial charge in [-0.2, -0.15) is 0 Å². The maximum absolute atomic E-state index is 5.98. The van der Waals surface area contributed by atoms with Crippen LogP contribution in [-0.2, 0) is 0 Å². The van der Waals surface area contributed by atoms with Crippen LogP contribution in [0.5, 0.6) is 5.75 Å². The highest BCUT2D eigenvalue weighted by molar-refractivity contribution is 5.59. The molecule has 0 unspecified atom stereocenters. The molecular weight excluding hydrogens is 262 g/mol. The first-order valence-corrected chi connectivity index (χ1v) is 8.00. The number of ether oxygens (including phenoxy) is 1. The monoisotopic (exact) mass is 291 g/mol. The van der Waals surface area contributed by atoms with Crippen LogP contribution in [0.2, 0.25) is 0 Å². The van der Waals surface area contributed by atoms with Crippen molar-refractivity contribution in [3.63, 3.8) is 0 Å². The predicted octanol–water partition coefficient (Wildman–Crippen LogP) is 3.34. The molecule has 0 atom stereocenters. The summed E-state index contributed by atoms with van der Waals surface area (Å²) in [5.41, 5.74) is 8.05. The van der Waals surface area contributed by atoms with Crippen molar-refractivity contribution in [3.05, 3.63) is 18.2 Å². The Labute approximate surface area is 128 Å². The lowest BCUT2D eigenvalue weighted by molar-refractivity contribution is 0.172. The second-order valence-corrected chi connectivity index (χ2v) is 6.32. The van der Waals surface area contributed by atoms with Gasteiger partial charge >= 0.3 is 0 Å². The first-order valence-electron chi connectivity index (χ1n) is 8.00. The highest BCUT2D eigenvalue weighted by Crippen LogP contribution is 2.34. The third kappa shape index (κ3) is 4.03. The number of likely N-dealkylation sites (N-methyl/N-ethyl adjacent to an activating group) is 1. The van der Waals surface area contributed by atoms with E-state index in [0.29, 0.717) is 0 Å². The molecule has 4 heteroatoms. The maximum Gasteiger partial charge on any atom is 0.123 e. The summed E-state index contributed by atoms with van der Waals surface area (Å²) >= 11 is 0. The zero-order valence-corrected chi connectivity index (χ0v) is 13.6. The van der Waals surface area contributed by atoms with Crippen LogP contribution in [-0.4, -0.2) is 37.7 Å². The molecule has 0 radical (unpaired) electrons. The quantitative estimate of drug-likeness (QED) is 0.757. The average Bonchev–Trinajstić information content (AvgIpc) is 2.93. The third-order valence-electron chi connectivity index (χ3n) is 4.51. The summed E-state index contributed by atoms with van der Waals surface area (Å²) in [4.78, 5) is 2.37. The summed E-state index contributed by atoms with van der Waals surface area (Å²) in [5, 5.41) is 3.56. The molecule has 1 aromatic carbocycles. The number of benzene rings is 1. The molecule has 0 bridgehead atoms. The first kappa shape index (κ1) is 16.0. The molecule has 0 amide bonds. The lowest BCUT2D eigenvalue weighted by atomic mass is 9.96. The van der Waals surface area contributed by atoms with Crippen molar-refractivity contribution in [2.24, 2.45) is 0 Å². The maximum atomic E-state index is 5.98. The summed E-state index contributed by atoms with van der Waals surface area (Å²) < 4.78 is 5.69. The normalized spacial score (nSPS) is 17.1. The van der Waals surface area contributed by atoms with E-state index >= 15 is 0 Å². The second kappa shape index (κ2) is 7.03. The lowest BCUT2D eigenvalue weighted by Gasteiger charge is -2.36. The number of anilines is 2. The molecule has 0 aliphatic heterocycles. The Kier molecular flexibility index (Phi) is 5.34. The van der Waals surface area contributed by atoms with Crippen LogP contribution in [0.25, 0.3) is 0 Å². The smallest absolute Gasteiger partial charge is 0.123 e. The standard InChI is InChI=1S/C17H29N3O/c1-4-9-21-16-11-14(18)10-15(12-16)19-13-17(20(2)3)7-5-6-8-17/h10-12,19H,4-9,13,18H2,1-3H3. The zero-order chi connectivity index (χ0) is 15.3. The summed E-state index contributed by atoms with van der Waals surface area (Å²) in [6.45, 7) is 3.79. The van der Waals surface area contributed by atoms with Crippen molar-refractivity contribution >= 4 is 11.4 Å². The molecule has 21 heavy (non-hydrogen) atoms. The molecule has 1 aliphatic rings. The fourth-order valence-electron chi connectivity index (χ4n) is 3.11. The van der Waals surface area contributed by atoms with E-state index in [1.54, 1.807) is 0 Å². The Hall–Kier alpha value is -1.42. The molecule has 0 aromatic heterocycles. The van der Waals surface area contributed by atoms with Crippen molar-refractivity contribution in [1.29, 1.82) is 0 Å². The van der Waals surface area contributed by atoms with Crippen molar-refractivity contribution < 1.29 is 4.74 Å². The Bertz CT molecular complexity index is 453. The Balaban J connectivity index is 2.03. The number of nitrogens with one attached hydrogen (secondary N) is 1. The Morgan fingerprint density at radius 3 is 2.57 bits per heavy atom. The molecular formula is C17H29N3O. The van der Waals surface area contributed by atoms with Crippen LogP contribution >= 0.6 is 0 Å². The van der Waals surface area contributed by atoms with Gasteiger partial charge in [0.25, 0.3) is 0 Å². The van der Waals surface area contributed by atoms with E-state index in [1.807, 2.05) is 18.2 Å². The van der Waals surface area contributed by atoms with E-state index in [4.69, 9.17) is 10.5 Å². The van der Waals surface area contributed by atoms with Crippen LogP contribution < -0.4 is 15.8 Å². The number of nitrogen functional groups attached to an aromatic ring is 1. The molecule has 118 valence electrons. The van der Waals surface area contributed by atoms with E-state index in [1.165, 1.54) is 25.7 Å². The second-order valence-electron chi connectivity index (χ2n) is 6.32. The largest absolute Gasteiger partial charge is 0.493 e. The lowest BCUT2D eigenvalue weighted by Crippen LogP contribution is -2.47. The molecule has 1 aliphatic carbocycles. The Morgan fingerprint density at radius 1 is 1.24 bits per heavy atom. The van der Waals surface area contributed by atoms with Crippen LogP contribution in [0.4, 0.5) is 11.4 Å². The highest BCUT2D eigenvalue weighted by atomic mass is 16.5. The van der Waals surface area contributed by atoms with Crippen LogP contribution in [0.15, 0.2) is 18.2 Å². The fraction of sp³-hybridized carbons (Fsp3) is 0.647. The minimum absolute atomic E-state index is 0.273. The van der Waals surface area contributed by atoms with E-state index in [-0.39, 0.29) is 5.54 Å². The topological polar surface area (TPSA) is 50.5 Å². The molecule has 1 fully saturated rings. The molecule has 1 saturated carbocycles. The van der Waals surface area contributed by atoms with Crippen LogP contribution in [0.1, 0.15) is 39.0 Å². The number of nitrogens with zero attached hydrogens (tertiary/aromatic N) is 1. The van der Waals surface area contributed by atoms with Gasteiger partial charge < -0.3 is 20.7 Å². The van der Waals surface area contributed by atoms with Gasteiger partial charge in [-0.1, -0.05) is 19.8 Å². The third-order valence-corrected chi connectivity index (χ3v) is 4.51. The molecule has 1 aromatic rings. The summed E-state index contributed by atoms with van der Waals surface area (Å²) in [6.07, 6.45) is 6.16. The molecule has 0 spiro atoms. The van der Waals surface area contributed by atoms with Crippen molar-refractivity contribution in [2.45, 2.75) is 44.6 Å². The fourth-order valence-corrected chi connectivity index (χ4v) is 3.11. The summed E-state index contributed by atoms with van der Waals surface area (Å²) in [7, 11) is 4.37. The molecule has 0 saturated heterocycles. The number of nitrogens with two attached hydrogens (primary N) is 1. The predicted molar refractivity (Wildman–Crippen MR) is 90.0 cm³/mol. The minimum atomic E-state index is 0.273. The van der Waals surface area contributed by atoms with E-state index in [9.17, 15) is 0 Å². The number of hydrogen-bond donors (Lipinski definition) is 2. The molecule has 2 rings (SSSR count). The van der Waals surface area contributed by atoms with Gasteiger partial charge in [0.2, 0.25) is 0 Å². The van der Waals surface area contributed by atoms with Gasteiger partial charge in [-0.05, 0) is 39.4 Å². The zero-order valence-electron chi connectivity index (χ0n) is 13.6. The average molecular weight is 291 g/mol. The van der Waals surface area contributed by atoms with Crippen LogP contribution in [0.3, 0.4) is 0 Å². The highest BCUT2D eigenvalue weighted by Gasteiger charge is 2.35. The minimum Gasteiger partial charge on any atom is -0.493 e. The number of rotatable bonds is 7. The molecule has 4 nitrogen and oxygen atoms in total. The van der Waals surface area contributed by atoms with E-state index < -0.39 is 0 Å². The van der Waals surface area contributed by atoms with Gasteiger partial charge in [-0.15, -0.1) is 0 Å². The molecule has 0 heterocycles. The van der Waals surface area contributed by atoms with Gasteiger partial charge in [0.05, 0.1) is 6.61 Å². The van der Waals surface area contributed by atoms with Gasteiger partial charge in [0, 0.05) is 35.6 Å². The van der Waals surface area contributed by atoms with E-state index in [0.717, 1.165) is 36.7 Å². The van der Waals surface area contributed by atoms with Gasteiger partial charge in [0.1, 0.15) is 5.75 Å². The number of hydrogen-bond acceptors (Lipinski definition) is 4. The van der Waals surface area contributed by atoms with Gasteiger partial charge in [-0.3, -0.25) is 0 Å². The van der Waals surface area contributed by atoms with Crippen LogP contribution in [0, 0.1) is 0 Å². The first-order chi connectivity index (χ1) is 10.1. The summed E-state index contributed by atoms with van der Waals surface area (Å²) in [5.74, 6) is 0.852. The molecule has 3 N–H and O–H groups in total. The SMILES string of the molecule is CCCOc1cc(N)cc(NCC2(N(C)C)CCCC2)c1. The van der Waals surface area contributed by atoms with Crippen molar-refractivity contribution in [3.8, 4) is 5.75 Å². The van der Waals surface area contributed by atoms with Gasteiger partial charge in [-0.25, -0.2) is 0 Å².